The Morgan fingerprint density at radius 2 is 1.66 bits per heavy atom. The average Bonchev–Trinajstić information content (AvgIpc) is 2.60. The normalized spacial score (nSPS) is 11.8. The third-order valence-corrected chi connectivity index (χ3v) is 3.21. The molecule has 0 aliphatic carbocycles. The Bertz CT molecular complexity index is 787. The Kier molecular flexibility index (Phi) is 7.59. The lowest BCUT2D eigenvalue weighted by Gasteiger charge is -2.13. The molecule has 0 bridgehead atoms. The van der Waals surface area contributed by atoms with Crippen LogP contribution in [0.1, 0.15) is 19.8 Å². The summed E-state index contributed by atoms with van der Waals surface area (Å²) in [5, 5.41) is 5.59. The molecule has 0 saturated carbocycles. The average molecular weight is 442 g/mol. The molecule has 1 heterocycles. The van der Waals surface area contributed by atoms with Crippen molar-refractivity contribution in [3.05, 3.63) is 24.3 Å². The number of rotatable bonds is 10. The van der Waals surface area contributed by atoms with Crippen LogP contribution in [0.15, 0.2) is 24.3 Å². The van der Waals surface area contributed by atoms with Gasteiger partial charge >= 0.3 is 17.8 Å². The number of unbranched alkanes of at least 4 members (excludes halogenated alkanes) is 1. The molecule has 0 atom stereocenters. The first-order chi connectivity index (χ1) is 13.5. The van der Waals surface area contributed by atoms with Crippen molar-refractivity contribution >= 4 is 29.2 Å². The summed E-state index contributed by atoms with van der Waals surface area (Å²) in [6, 6.07) is 4.62. The van der Waals surface area contributed by atoms with E-state index >= 15 is 0 Å². The van der Waals surface area contributed by atoms with Crippen LogP contribution in [-0.4, -0.2) is 39.8 Å². The molecule has 160 valence electrons. The summed E-state index contributed by atoms with van der Waals surface area (Å²) in [5.74, 6) is -0.273. The third kappa shape index (κ3) is 8.94. The van der Waals surface area contributed by atoms with E-state index in [4.69, 9.17) is 0 Å². The molecular formula is C16H17ClF5N5O2. The molecule has 2 aromatic rings. The van der Waals surface area contributed by atoms with Gasteiger partial charge in [-0.25, -0.2) is 0 Å². The lowest BCUT2D eigenvalue weighted by molar-refractivity contribution is -0.154. The number of ether oxygens (including phenoxy) is 2. The predicted octanol–water partition coefficient (Wildman–Crippen LogP) is 4.94. The molecule has 0 aliphatic heterocycles. The van der Waals surface area contributed by atoms with Gasteiger partial charge in [-0.1, -0.05) is 13.3 Å². The monoisotopic (exact) mass is 441 g/mol. The van der Waals surface area contributed by atoms with Crippen LogP contribution in [0.4, 0.5) is 39.5 Å². The van der Waals surface area contributed by atoms with Crippen molar-refractivity contribution in [1.82, 2.24) is 15.0 Å². The van der Waals surface area contributed by atoms with E-state index in [1.165, 1.54) is 24.3 Å². The fourth-order valence-electron chi connectivity index (χ4n) is 1.95. The number of hydrogen-bond acceptors (Lipinski definition) is 7. The van der Waals surface area contributed by atoms with E-state index in [1.807, 2.05) is 6.92 Å². The van der Waals surface area contributed by atoms with Gasteiger partial charge in [0.1, 0.15) is 5.75 Å². The van der Waals surface area contributed by atoms with E-state index in [1.54, 1.807) is 0 Å². The number of aromatic nitrogens is 3. The summed E-state index contributed by atoms with van der Waals surface area (Å²) >= 11 is 4.69. The molecule has 13 heteroatoms. The highest BCUT2D eigenvalue weighted by Crippen LogP contribution is 2.27. The summed E-state index contributed by atoms with van der Waals surface area (Å²) in [6.07, 6.45) is -2.88. The Labute approximate surface area is 167 Å². The molecule has 29 heavy (non-hydrogen) atoms. The highest BCUT2D eigenvalue weighted by atomic mass is 35.5. The van der Waals surface area contributed by atoms with Crippen LogP contribution in [-0.2, 0) is 0 Å². The van der Waals surface area contributed by atoms with Gasteiger partial charge in [0.25, 0.3) is 0 Å². The molecule has 2 rings (SSSR count). The number of nitrogens with zero attached hydrogens (tertiary/aromatic N) is 3. The first-order valence-electron chi connectivity index (χ1n) is 8.36. The predicted molar refractivity (Wildman–Crippen MR) is 95.9 cm³/mol. The largest absolute Gasteiger partial charge is 0.487 e. The van der Waals surface area contributed by atoms with Crippen LogP contribution in [0.25, 0.3) is 0 Å². The summed E-state index contributed by atoms with van der Waals surface area (Å²) in [4.78, 5) is 11.6. The van der Waals surface area contributed by atoms with Crippen molar-refractivity contribution in [3.63, 3.8) is 0 Å². The molecule has 0 unspecified atom stereocenters. The maximum atomic E-state index is 12.6. The number of hydrogen-bond donors (Lipinski definition) is 2. The molecule has 1 aromatic carbocycles. The van der Waals surface area contributed by atoms with Crippen molar-refractivity contribution < 1.29 is 31.4 Å². The Balaban J connectivity index is 2.15. The van der Waals surface area contributed by atoms with Gasteiger partial charge in [0.15, 0.2) is 6.61 Å². The Hall–Kier alpha value is -2.63. The molecule has 0 spiro atoms. The number of nitrogens with one attached hydrogen (secondary N) is 2. The Morgan fingerprint density at radius 3 is 2.24 bits per heavy atom. The smallest absolute Gasteiger partial charge is 0.454 e. The fraction of sp³-hybridized carbons (Fsp3) is 0.438. The minimum atomic E-state index is -4.56. The van der Waals surface area contributed by atoms with E-state index in [2.05, 4.69) is 46.7 Å². The van der Waals surface area contributed by atoms with Gasteiger partial charge in [-0.3, -0.25) is 0 Å². The van der Waals surface area contributed by atoms with Crippen molar-refractivity contribution in [3.8, 4) is 11.8 Å². The standard InChI is InChI=1S/C16H17ClF5N5O2/c1-2-3-8-23-12-25-13(27-14(26-12)28-9-15(18,19)20)24-10-4-6-11(7-5-10)29-16(17,21)22/h4-7H,2-3,8-9H2,1H3,(H2,23,24,25,26,27). The zero-order valence-corrected chi connectivity index (χ0v) is 15.8. The van der Waals surface area contributed by atoms with Crippen molar-refractivity contribution in [2.45, 2.75) is 31.5 Å². The molecule has 0 radical (unpaired) electrons. The zero-order chi connectivity index (χ0) is 21.5. The molecule has 2 N–H and O–H groups in total. The topological polar surface area (TPSA) is 81.2 Å². The third-order valence-electron chi connectivity index (χ3n) is 3.14. The van der Waals surface area contributed by atoms with E-state index in [0.717, 1.165) is 12.8 Å². The number of halogens is 6. The molecule has 1 aromatic heterocycles. The second kappa shape index (κ2) is 9.72. The van der Waals surface area contributed by atoms with E-state index in [0.29, 0.717) is 12.2 Å². The van der Waals surface area contributed by atoms with Crippen molar-refractivity contribution in [2.75, 3.05) is 23.8 Å². The second-order valence-electron chi connectivity index (χ2n) is 5.65. The Morgan fingerprint density at radius 1 is 1.00 bits per heavy atom. The van der Waals surface area contributed by atoms with Crippen molar-refractivity contribution in [1.29, 1.82) is 0 Å². The van der Waals surface area contributed by atoms with Crippen LogP contribution >= 0.6 is 11.6 Å². The SMILES string of the molecule is CCCCNc1nc(Nc2ccc(OC(F)(F)Cl)cc2)nc(OCC(F)(F)F)n1. The first-order valence-corrected chi connectivity index (χ1v) is 8.74. The first kappa shape index (κ1) is 22.7. The summed E-state index contributed by atoms with van der Waals surface area (Å²) in [6.45, 7) is 0.897. The molecule has 0 fully saturated rings. The minimum absolute atomic E-state index is 0.0230. The highest BCUT2D eigenvalue weighted by molar-refractivity contribution is 6.20. The molecule has 7 nitrogen and oxygen atoms in total. The molecule has 0 saturated heterocycles. The van der Waals surface area contributed by atoms with Crippen LogP contribution in [0.3, 0.4) is 0 Å². The van der Waals surface area contributed by atoms with Crippen molar-refractivity contribution in [2.24, 2.45) is 0 Å². The van der Waals surface area contributed by atoms with Gasteiger partial charge in [-0.2, -0.15) is 28.1 Å². The molecule has 0 amide bonds. The fourth-order valence-corrected chi connectivity index (χ4v) is 2.04. The van der Waals surface area contributed by atoms with Crippen LogP contribution in [0.5, 0.6) is 11.8 Å². The highest BCUT2D eigenvalue weighted by Gasteiger charge is 2.29. The van der Waals surface area contributed by atoms with Gasteiger partial charge in [0, 0.05) is 23.8 Å². The number of anilines is 3. The maximum absolute atomic E-state index is 12.6. The summed E-state index contributed by atoms with van der Waals surface area (Å²) in [5.41, 5.74) is -3.50. The number of benzene rings is 1. The maximum Gasteiger partial charge on any atom is 0.487 e. The van der Waals surface area contributed by atoms with E-state index < -0.39 is 24.4 Å². The second-order valence-corrected chi connectivity index (χ2v) is 6.09. The molecule has 0 aliphatic rings. The van der Waals surface area contributed by atoms with Gasteiger partial charge < -0.3 is 20.1 Å². The molecular weight excluding hydrogens is 425 g/mol. The van der Waals surface area contributed by atoms with Crippen LogP contribution < -0.4 is 20.1 Å². The number of alkyl halides is 6. The minimum Gasteiger partial charge on any atom is -0.454 e. The van der Waals surface area contributed by atoms with E-state index in [-0.39, 0.29) is 17.6 Å². The van der Waals surface area contributed by atoms with Gasteiger partial charge in [-0.15, -0.1) is 8.78 Å². The van der Waals surface area contributed by atoms with Gasteiger partial charge in [-0.05, 0) is 30.7 Å². The zero-order valence-electron chi connectivity index (χ0n) is 15.1. The lowest BCUT2D eigenvalue weighted by atomic mass is 10.3. The summed E-state index contributed by atoms with van der Waals surface area (Å²) < 4.78 is 71.2. The van der Waals surface area contributed by atoms with E-state index in [9.17, 15) is 22.0 Å². The van der Waals surface area contributed by atoms with Gasteiger partial charge in [0.05, 0.1) is 0 Å². The lowest BCUT2D eigenvalue weighted by Crippen LogP contribution is -2.21. The van der Waals surface area contributed by atoms with Crippen LogP contribution in [0, 0.1) is 0 Å². The van der Waals surface area contributed by atoms with Crippen LogP contribution in [0.2, 0.25) is 0 Å². The van der Waals surface area contributed by atoms with Gasteiger partial charge in [0.2, 0.25) is 11.9 Å². The quantitative estimate of drug-likeness (QED) is 0.307. The summed E-state index contributed by atoms with van der Waals surface area (Å²) in [7, 11) is 0.